The highest BCUT2D eigenvalue weighted by Crippen LogP contribution is 2.37. The molecule has 0 saturated carbocycles. The molecule has 6 rings (SSSR count). The van der Waals surface area contributed by atoms with Crippen LogP contribution >= 0.6 is 0 Å². The Kier molecular flexibility index (Phi) is 6.64. The third-order valence-electron chi connectivity index (χ3n) is 7.30. The van der Waals surface area contributed by atoms with Gasteiger partial charge in [-0.2, -0.15) is 4.98 Å². The molecule has 0 bridgehead atoms. The minimum atomic E-state index is -0.540. The molecule has 1 atom stereocenters. The number of fused-ring (bicyclic) bond motifs is 1. The average Bonchev–Trinajstić information content (AvgIpc) is 3.55. The zero-order valence-corrected chi connectivity index (χ0v) is 22.7. The van der Waals surface area contributed by atoms with Gasteiger partial charge < -0.3 is 25.2 Å². The van der Waals surface area contributed by atoms with Crippen molar-refractivity contribution in [3.63, 3.8) is 0 Å². The highest BCUT2D eigenvalue weighted by Gasteiger charge is 2.42. The van der Waals surface area contributed by atoms with Gasteiger partial charge in [0.15, 0.2) is 0 Å². The number of benzene rings is 1. The van der Waals surface area contributed by atoms with E-state index in [4.69, 9.17) is 9.51 Å². The number of hydrogen-bond acceptors (Lipinski definition) is 10. The van der Waals surface area contributed by atoms with E-state index in [2.05, 4.69) is 30.7 Å². The fourth-order valence-electron chi connectivity index (χ4n) is 4.76. The van der Waals surface area contributed by atoms with Gasteiger partial charge in [-0.25, -0.2) is 9.97 Å². The first-order valence-electron chi connectivity index (χ1n) is 13.1. The molecule has 11 heteroatoms. The molecule has 4 aromatic heterocycles. The maximum Gasteiger partial charge on any atom is 0.261 e. The molecule has 41 heavy (non-hydrogen) atoms. The Morgan fingerprint density at radius 2 is 1.83 bits per heavy atom. The van der Waals surface area contributed by atoms with Crippen LogP contribution in [0.5, 0.6) is 0 Å². The van der Waals surface area contributed by atoms with Crippen molar-refractivity contribution >= 4 is 23.2 Å². The number of nitrogens with zero attached hydrogens (tertiary/aromatic N) is 6. The van der Waals surface area contributed by atoms with Crippen LogP contribution in [-0.4, -0.2) is 54.7 Å². The fraction of sp³-hybridized carbons (Fsp3) is 0.200. The topological polar surface area (TPSA) is 142 Å². The van der Waals surface area contributed by atoms with E-state index in [1.165, 1.54) is 0 Å². The number of aromatic nitrogens is 5. The van der Waals surface area contributed by atoms with E-state index in [0.29, 0.717) is 40.0 Å². The van der Waals surface area contributed by atoms with Crippen molar-refractivity contribution < 1.29 is 14.4 Å². The number of carbonyl (C=O) groups excluding carboxylic acids is 1. The SMILES string of the molecule is CN1C(=O)c2ccc(Nc3cc(N[C@H](CO)c4ccccc4)c(-c4nc(-c5cccnc5)no4)cn3)nc2C1(C)C. The molecule has 3 N–H and O–H groups in total. The summed E-state index contributed by atoms with van der Waals surface area (Å²) in [5.41, 5.74) is 3.54. The molecular formula is C30H28N8O3. The van der Waals surface area contributed by atoms with Gasteiger partial charge in [0.05, 0.1) is 40.7 Å². The molecule has 5 aromatic rings. The van der Waals surface area contributed by atoms with Crippen LogP contribution in [0.1, 0.15) is 41.5 Å². The number of rotatable bonds is 8. The van der Waals surface area contributed by atoms with Gasteiger partial charge in [-0.3, -0.25) is 9.78 Å². The largest absolute Gasteiger partial charge is 0.394 e. The highest BCUT2D eigenvalue weighted by molar-refractivity contribution is 5.99. The van der Waals surface area contributed by atoms with Crippen molar-refractivity contribution in [2.45, 2.75) is 25.4 Å². The quantitative estimate of drug-likeness (QED) is 0.247. The second-order valence-electron chi connectivity index (χ2n) is 10.2. The average molecular weight is 549 g/mol. The number of carbonyl (C=O) groups is 1. The Morgan fingerprint density at radius 1 is 1.00 bits per heavy atom. The third-order valence-corrected chi connectivity index (χ3v) is 7.30. The summed E-state index contributed by atoms with van der Waals surface area (Å²) in [6, 6.07) is 18.2. The van der Waals surface area contributed by atoms with Gasteiger partial charge >= 0.3 is 0 Å². The van der Waals surface area contributed by atoms with Crippen LogP contribution in [0.25, 0.3) is 22.8 Å². The molecule has 0 fully saturated rings. The van der Waals surface area contributed by atoms with Gasteiger partial charge in [0.1, 0.15) is 11.6 Å². The van der Waals surface area contributed by atoms with E-state index >= 15 is 0 Å². The Balaban J connectivity index is 1.36. The fourth-order valence-corrected chi connectivity index (χ4v) is 4.76. The summed E-state index contributed by atoms with van der Waals surface area (Å²) in [5.74, 6) is 1.64. The second kappa shape index (κ2) is 10.4. The van der Waals surface area contributed by atoms with Crippen molar-refractivity contribution in [3.8, 4) is 22.8 Å². The van der Waals surface area contributed by atoms with Crippen LogP contribution in [0.2, 0.25) is 0 Å². The van der Waals surface area contributed by atoms with Gasteiger partial charge in [0.25, 0.3) is 11.8 Å². The predicted octanol–water partition coefficient (Wildman–Crippen LogP) is 4.80. The summed E-state index contributed by atoms with van der Waals surface area (Å²) in [6.07, 6.45) is 4.96. The monoisotopic (exact) mass is 548 g/mol. The molecule has 0 aliphatic carbocycles. The van der Waals surface area contributed by atoms with E-state index < -0.39 is 11.6 Å². The molecule has 0 radical (unpaired) electrons. The lowest BCUT2D eigenvalue weighted by molar-refractivity contribution is 0.0688. The van der Waals surface area contributed by atoms with Gasteiger partial charge in [-0.15, -0.1) is 0 Å². The van der Waals surface area contributed by atoms with Crippen molar-refractivity contribution in [2.24, 2.45) is 0 Å². The van der Waals surface area contributed by atoms with Crippen molar-refractivity contribution in [1.82, 2.24) is 30.0 Å². The van der Waals surface area contributed by atoms with Crippen LogP contribution < -0.4 is 10.6 Å². The summed E-state index contributed by atoms with van der Waals surface area (Å²) in [7, 11) is 1.77. The van der Waals surface area contributed by atoms with E-state index in [1.54, 1.807) is 54.8 Å². The Hall–Kier alpha value is -5.16. The molecule has 1 aliphatic heterocycles. The maximum atomic E-state index is 12.6. The molecule has 0 saturated heterocycles. The summed E-state index contributed by atoms with van der Waals surface area (Å²) >= 11 is 0. The van der Waals surface area contributed by atoms with Gasteiger partial charge in [0.2, 0.25) is 5.82 Å². The summed E-state index contributed by atoms with van der Waals surface area (Å²) in [5, 5.41) is 21.0. The van der Waals surface area contributed by atoms with E-state index in [0.717, 1.165) is 11.1 Å². The van der Waals surface area contributed by atoms with Crippen molar-refractivity contribution in [3.05, 3.63) is 96.1 Å². The molecule has 206 valence electrons. The van der Waals surface area contributed by atoms with E-state index in [9.17, 15) is 9.90 Å². The summed E-state index contributed by atoms with van der Waals surface area (Å²) in [6.45, 7) is 3.78. The predicted molar refractivity (Wildman–Crippen MR) is 153 cm³/mol. The number of hydrogen-bond donors (Lipinski definition) is 3. The standard InChI is InChI=1S/C30H28N8O3/c1-30(2)26-20(29(40)38(30)3)11-12-24(35-26)34-25-14-22(33-23(17-39)18-8-5-4-6-9-18)21(16-32-25)28-36-27(37-41-28)19-10-7-13-31-15-19/h4-16,23,39H,17H2,1-3H3,(H2,32,33,34,35)/t23-/m1/s1. The minimum absolute atomic E-state index is 0.0563. The third kappa shape index (κ3) is 4.87. The lowest BCUT2D eigenvalue weighted by Crippen LogP contribution is -2.35. The highest BCUT2D eigenvalue weighted by atomic mass is 16.5. The maximum absolute atomic E-state index is 12.6. The first kappa shape index (κ1) is 26.1. The molecular weight excluding hydrogens is 520 g/mol. The number of anilines is 3. The Morgan fingerprint density at radius 3 is 2.59 bits per heavy atom. The molecule has 1 aromatic carbocycles. The number of amides is 1. The van der Waals surface area contributed by atoms with Gasteiger partial charge in [0, 0.05) is 37.3 Å². The van der Waals surface area contributed by atoms with Crippen LogP contribution in [0.4, 0.5) is 17.3 Å². The van der Waals surface area contributed by atoms with Crippen molar-refractivity contribution in [2.75, 3.05) is 24.3 Å². The zero-order chi connectivity index (χ0) is 28.6. The van der Waals surface area contributed by atoms with E-state index in [-0.39, 0.29) is 18.4 Å². The lowest BCUT2D eigenvalue weighted by Gasteiger charge is -2.27. The molecule has 5 heterocycles. The number of aliphatic hydroxyl groups is 1. The normalized spacial score (nSPS) is 14.5. The molecule has 0 spiro atoms. The molecule has 1 amide bonds. The lowest BCUT2D eigenvalue weighted by atomic mass is 10.00. The van der Waals surface area contributed by atoms with E-state index in [1.807, 2.05) is 50.2 Å². The molecule has 11 nitrogen and oxygen atoms in total. The number of nitrogens with one attached hydrogen (secondary N) is 2. The summed E-state index contributed by atoms with van der Waals surface area (Å²) in [4.78, 5) is 32.4. The minimum Gasteiger partial charge on any atom is -0.394 e. The Bertz CT molecular complexity index is 1710. The van der Waals surface area contributed by atoms with Crippen LogP contribution in [0.15, 0.2) is 83.8 Å². The zero-order valence-electron chi connectivity index (χ0n) is 22.7. The van der Waals surface area contributed by atoms with Crippen LogP contribution in [0, 0.1) is 0 Å². The molecule has 1 aliphatic rings. The number of pyridine rings is 3. The second-order valence-corrected chi connectivity index (χ2v) is 10.2. The summed E-state index contributed by atoms with van der Waals surface area (Å²) < 4.78 is 5.62. The first-order valence-corrected chi connectivity index (χ1v) is 13.1. The first-order chi connectivity index (χ1) is 19.8. The van der Waals surface area contributed by atoms with Gasteiger partial charge in [-0.05, 0) is 43.7 Å². The molecule has 0 unspecified atom stereocenters. The van der Waals surface area contributed by atoms with Crippen molar-refractivity contribution in [1.29, 1.82) is 0 Å². The number of aliphatic hydroxyl groups excluding tert-OH is 1. The Labute approximate surface area is 236 Å². The van der Waals surface area contributed by atoms with Crippen LogP contribution in [0.3, 0.4) is 0 Å². The van der Waals surface area contributed by atoms with Gasteiger partial charge in [-0.1, -0.05) is 35.5 Å². The van der Waals surface area contributed by atoms with Crippen LogP contribution in [-0.2, 0) is 5.54 Å². The smallest absolute Gasteiger partial charge is 0.261 e.